The molecule has 0 fully saturated rings. The number of nitrogens with one attached hydrogen (secondary N) is 1. The summed E-state index contributed by atoms with van der Waals surface area (Å²) in [5.41, 5.74) is 7.25. The lowest BCUT2D eigenvalue weighted by atomic mass is 10.1. The lowest BCUT2D eigenvalue weighted by molar-refractivity contribution is 0.875. The quantitative estimate of drug-likeness (QED) is 0.889. The summed E-state index contributed by atoms with van der Waals surface area (Å²) in [6, 6.07) is 9.39. The van der Waals surface area contributed by atoms with Crippen molar-refractivity contribution in [3.8, 4) is 0 Å². The summed E-state index contributed by atoms with van der Waals surface area (Å²) in [5.74, 6) is 0.619. The van der Waals surface area contributed by atoms with Crippen LogP contribution >= 0.6 is 23.2 Å². The molecule has 2 rings (SSSR count). The van der Waals surface area contributed by atoms with E-state index in [1.165, 1.54) is 0 Å². The van der Waals surface area contributed by atoms with Crippen LogP contribution in [0.25, 0.3) is 0 Å². The van der Waals surface area contributed by atoms with Crippen LogP contribution in [0.2, 0.25) is 10.0 Å². The number of hydrogen-bond donors (Lipinski definition) is 2. The van der Waals surface area contributed by atoms with Gasteiger partial charge >= 0.3 is 0 Å². The third kappa shape index (κ3) is 3.06. The molecule has 3 N–H and O–H groups in total. The van der Waals surface area contributed by atoms with Gasteiger partial charge in [0.25, 0.3) is 0 Å². The lowest BCUT2D eigenvalue weighted by Gasteiger charge is -2.16. The van der Waals surface area contributed by atoms with Crippen LogP contribution in [0.4, 0.5) is 11.5 Å². The molecule has 0 bridgehead atoms. The average molecular weight is 282 g/mol. The van der Waals surface area contributed by atoms with Crippen molar-refractivity contribution in [2.75, 3.05) is 11.1 Å². The number of nitrogens with two attached hydrogens (primary N) is 1. The molecule has 0 aliphatic heterocycles. The van der Waals surface area contributed by atoms with E-state index in [0.29, 0.717) is 16.5 Å². The minimum absolute atomic E-state index is 0.0795. The van der Waals surface area contributed by atoms with E-state index in [9.17, 15) is 0 Å². The maximum atomic E-state index is 6.06. The highest BCUT2D eigenvalue weighted by Gasteiger charge is 2.08. The highest BCUT2D eigenvalue weighted by atomic mass is 35.5. The van der Waals surface area contributed by atoms with Gasteiger partial charge in [0.15, 0.2) is 0 Å². The Morgan fingerprint density at radius 1 is 1.22 bits per heavy atom. The van der Waals surface area contributed by atoms with E-state index in [0.717, 1.165) is 10.6 Å². The standard InChI is InChI=1S/C13H13Cl2N3/c1-8(9-2-4-10(14)5-3-9)18-13-12(15)6-11(16)7-17-13/h2-8H,16H2,1H3,(H,17,18). The van der Waals surface area contributed by atoms with E-state index in [1.54, 1.807) is 12.3 Å². The summed E-state index contributed by atoms with van der Waals surface area (Å²) < 4.78 is 0. The highest BCUT2D eigenvalue weighted by Crippen LogP contribution is 2.26. The zero-order chi connectivity index (χ0) is 13.1. The molecule has 0 spiro atoms. The zero-order valence-electron chi connectivity index (χ0n) is 9.82. The molecule has 1 aromatic carbocycles. The minimum Gasteiger partial charge on any atom is -0.397 e. The second-order valence-electron chi connectivity index (χ2n) is 4.02. The summed E-state index contributed by atoms with van der Waals surface area (Å²) >= 11 is 11.9. The number of pyridine rings is 1. The average Bonchev–Trinajstić information content (AvgIpc) is 2.33. The molecule has 1 unspecified atom stereocenters. The van der Waals surface area contributed by atoms with E-state index in [2.05, 4.69) is 10.3 Å². The number of rotatable bonds is 3. The van der Waals surface area contributed by atoms with Crippen molar-refractivity contribution in [3.63, 3.8) is 0 Å². The van der Waals surface area contributed by atoms with Crippen molar-refractivity contribution in [2.24, 2.45) is 0 Å². The largest absolute Gasteiger partial charge is 0.397 e. The Hall–Kier alpha value is -1.45. The van der Waals surface area contributed by atoms with Crippen LogP contribution in [-0.2, 0) is 0 Å². The Labute approximate surface area is 116 Å². The first-order valence-corrected chi connectivity index (χ1v) is 6.25. The van der Waals surface area contributed by atoms with Gasteiger partial charge < -0.3 is 11.1 Å². The molecule has 94 valence electrons. The van der Waals surface area contributed by atoms with Crippen LogP contribution in [0.5, 0.6) is 0 Å². The van der Waals surface area contributed by atoms with Crippen molar-refractivity contribution in [1.29, 1.82) is 0 Å². The smallest absolute Gasteiger partial charge is 0.145 e. The molecule has 0 radical (unpaired) electrons. The molecule has 0 aliphatic carbocycles. The lowest BCUT2D eigenvalue weighted by Crippen LogP contribution is -2.08. The van der Waals surface area contributed by atoms with Crippen molar-refractivity contribution < 1.29 is 0 Å². The predicted molar refractivity (Wildman–Crippen MR) is 77.1 cm³/mol. The van der Waals surface area contributed by atoms with Crippen molar-refractivity contribution >= 4 is 34.7 Å². The van der Waals surface area contributed by atoms with Gasteiger partial charge in [0.05, 0.1) is 16.9 Å². The van der Waals surface area contributed by atoms with Crippen LogP contribution in [0.1, 0.15) is 18.5 Å². The first-order chi connectivity index (χ1) is 8.56. The minimum atomic E-state index is 0.0795. The molecule has 5 heteroatoms. The first kappa shape index (κ1) is 13.0. The summed E-state index contributed by atoms with van der Waals surface area (Å²) in [6.45, 7) is 2.03. The highest BCUT2D eigenvalue weighted by molar-refractivity contribution is 6.33. The molecule has 0 saturated carbocycles. The van der Waals surface area contributed by atoms with Crippen LogP contribution in [-0.4, -0.2) is 4.98 Å². The molecule has 0 saturated heterocycles. The third-order valence-electron chi connectivity index (χ3n) is 2.59. The second-order valence-corrected chi connectivity index (χ2v) is 4.86. The van der Waals surface area contributed by atoms with Crippen LogP contribution in [0.15, 0.2) is 36.5 Å². The second kappa shape index (κ2) is 5.46. The summed E-state index contributed by atoms with van der Waals surface area (Å²) in [7, 11) is 0. The number of benzene rings is 1. The Morgan fingerprint density at radius 3 is 2.50 bits per heavy atom. The van der Waals surface area contributed by atoms with Gasteiger partial charge in [-0.05, 0) is 30.7 Å². The van der Waals surface area contributed by atoms with Gasteiger partial charge in [0, 0.05) is 11.1 Å². The Kier molecular flexibility index (Phi) is 3.94. The number of nitrogens with zero attached hydrogens (tertiary/aromatic N) is 1. The molecule has 1 atom stereocenters. The fourth-order valence-electron chi connectivity index (χ4n) is 1.60. The number of anilines is 2. The van der Waals surface area contributed by atoms with E-state index in [1.807, 2.05) is 31.2 Å². The molecule has 0 aliphatic rings. The van der Waals surface area contributed by atoms with Gasteiger partial charge in [-0.2, -0.15) is 0 Å². The van der Waals surface area contributed by atoms with E-state index in [4.69, 9.17) is 28.9 Å². The fraction of sp³-hybridized carbons (Fsp3) is 0.154. The molecule has 1 aromatic heterocycles. The summed E-state index contributed by atoms with van der Waals surface area (Å²) in [4.78, 5) is 4.17. The van der Waals surface area contributed by atoms with Crippen LogP contribution in [0.3, 0.4) is 0 Å². The van der Waals surface area contributed by atoms with Gasteiger partial charge in [0.2, 0.25) is 0 Å². The molecular weight excluding hydrogens is 269 g/mol. The Morgan fingerprint density at radius 2 is 1.89 bits per heavy atom. The van der Waals surface area contributed by atoms with Gasteiger partial charge in [-0.25, -0.2) is 4.98 Å². The monoisotopic (exact) mass is 281 g/mol. The van der Waals surface area contributed by atoms with Gasteiger partial charge in [0.1, 0.15) is 5.82 Å². The molecule has 1 heterocycles. The van der Waals surface area contributed by atoms with Crippen LogP contribution < -0.4 is 11.1 Å². The number of aromatic nitrogens is 1. The Balaban J connectivity index is 2.15. The van der Waals surface area contributed by atoms with Crippen molar-refractivity contribution in [1.82, 2.24) is 4.98 Å². The molecule has 18 heavy (non-hydrogen) atoms. The fourth-order valence-corrected chi connectivity index (χ4v) is 1.95. The molecule has 0 amide bonds. The van der Waals surface area contributed by atoms with Crippen molar-refractivity contribution in [2.45, 2.75) is 13.0 Å². The maximum Gasteiger partial charge on any atom is 0.145 e. The normalized spacial score (nSPS) is 12.2. The Bertz CT molecular complexity index is 540. The third-order valence-corrected chi connectivity index (χ3v) is 3.13. The number of nitrogen functional groups attached to an aromatic ring is 1. The van der Waals surface area contributed by atoms with Gasteiger partial charge in [-0.3, -0.25) is 0 Å². The topological polar surface area (TPSA) is 50.9 Å². The molecule has 3 nitrogen and oxygen atoms in total. The molecular formula is C13H13Cl2N3. The summed E-state index contributed by atoms with van der Waals surface area (Å²) in [5, 5.41) is 4.46. The number of hydrogen-bond acceptors (Lipinski definition) is 3. The van der Waals surface area contributed by atoms with E-state index in [-0.39, 0.29) is 6.04 Å². The van der Waals surface area contributed by atoms with Crippen LogP contribution in [0, 0.1) is 0 Å². The maximum absolute atomic E-state index is 6.06. The van der Waals surface area contributed by atoms with Gasteiger partial charge in [-0.15, -0.1) is 0 Å². The van der Waals surface area contributed by atoms with E-state index >= 15 is 0 Å². The first-order valence-electron chi connectivity index (χ1n) is 5.49. The van der Waals surface area contributed by atoms with Crippen molar-refractivity contribution in [3.05, 3.63) is 52.1 Å². The summed E-state index contributed by atoms with van der Waals surface area (Å²) in [6.07, 6.45) is 1.57. The SMILES string of the molecule is CC(Nc1ncc(N)cc1Cl)c1ccc(Cl)cc1. The number of halogens is 2. The van der Waals surface area contributed by atoms with E-state index < -0.39 is 0 Å². The molecule has 2 aromatic rings. The zero-order valence-corrected chi connectivity index (χ0v) is 11.3. The predicted octanol–water partition coefficient (Wildman–Crippen LogP) is 4.14. The van der Waals surface area contributed by atoms with Gasteiger partial charge in [-0.1, -0.05) is 35.3 Å².